The molecule has 0 bridgehead atoms. The first-order chi connectivity index (χ1) is 17.3. The van der Waals surface area contributed by atoms with Gasteiger partial charge in [-0.15, -0.1) is 0 Å². The molecular weight excluding hydrogens is 500 g/mol. The van der Waals surface area contributed by atoms with Crippen LogP contribution in [0.3, 0.4) is 0 Å². The highest BCUT2D eigenvalue weighted by atomic mass is 32.2. The molecule has 0 aliphatic heterocycles. The fraction of sp³-hybridized carbons (Fsp3) is 0.200. The Labute approximate surface area is 212 Å². The van der Waals surface area contributed by atoms with Crippen molar-refractivity contribution in [3.05, 3.63) is 93.3 Å². The lowest BCUT2D eigenvalue weighted by molar-refractivity contribution is -0.384. The van der Waals surface area contributed by atoms with E-state index in [-0.39, 0.29) is 22.7 Å². The highest BCUT2D eigenvalue weighted by Gasteiger charge is 2.23. The molecule has 4 aromatic rings. The average molecular weight is 525 g/mol. The van der Waals surface area contributed by atoms with E-state index in [0.717, 1.165) is 11.9 Å². The van der Waals surface area contributed by atoms with Crippen molar-refractivity contribution in [2.45, 2.75) is 31.7 Å². The molecule has 0 saturated heterocycles. The normalized spacial score (nSPS) is 12.1. The van der Waals surface area contributed by atoms with E-state index in [1.807, 2.05) is 17.6 Å². The first-order valence-electron chi connectivity index (χ1n) is 11.3. The standard InChI is InChI=1S/C25H24N4O5S2/c1-3-16-27-22-15-12-20(29(31)32)17-23(22)35-25(27)26-24(30)18-10-13-21(14-11-18)36(33,34)28(4-2)19-8-6-5-7-9-19/h5-15,17H,3-4,16H2,1-2H3. The zero-order chi connectivity index (χ0) is 25.9. The second-order valence-corrected chi connectivity index (χ2v) is 10.8. The fourth-order valence-corrected chi connectivity index (χ4v) is 6.40. The zero-order valence-electron chi connectivity index (χ0n) is 19.7. The van der Waals surface area contributed by atoms with E-state index in [2.05, 4.69) is 4.99 Å². The van der Waals surface area contributed by atoms with Gasteiger partial charge in [0.25, 0.3) is 21.6 Å². The number of nitro groups is 1. The number of hydrogen-bond donors (Lipinski definition) is 0. The molecular formula is C25H24N4O5S2. The lowest BCUT2D eigenvalue weighted by Gasteiger charge is -2.22. The van der Waals surface area contributed by atoms with Gasteiger partial charge in [-0.25, -0.2) is 8.42 Å². The van der Waals surface area contributed by atoms with Gasteiger partial charge in [-0.3, -0.25) is 19.2 Å². The van der Waals surface area contributed by atoms with Crippen LogP contribution in [0.15, 0.2) is 82.7 Å². The first-order valence-corrected chi connectivity index (χ1v) is 13.6. The number of hydrogen-bond acceptors (Lipinski definition) is 6. The van der Waals surface area contributed by atoms with Crippen LogP contribution in [0.1, 0.15) is 30.6 Å². The van der Waals surface area contributed by atoms with Gasteiger partial charge in [-0.05, 0) is 55.8 Å². The van der Waals surface area contributed by atoms with Gasteiger partial charge in [-0.1, -0.05) is 36.5 Å². The Hall–Kier alpha value is -3.83. The number of nitro benzene ring substituents is 1. The molecule has 3 aromatic carbocycles. The van der Waals surface area contributed by atoms with E-state index < -0.39 is 20.9 Å². The van der Waals surface area contributed by atoms with Crippen LogP contribution >= 0.6 is 11.3 Å². The second-order valence-electron chi connectivity index (χ2n) is 7.89. The topological polar surface area (TPSA) is 115 Å². The molecule has 1 heterocycles. The summed E-state index contributed by atoms with van der Waals surface area (Å²) in [4.78, 5) is 28.4. The zero-order valence-corrected chi connectivity index (χ0v) is 21.3. The summed E-state index contributed by atoms with van der Waals surface area (Å²) in [5, 5.41) is 11.1. The number of benzene rings is 3. The van der Waals surface area contributed by atoms with Crippen LogP contribution < -0.4 is 9.11 Å². The maximum atomic E-state index is 13.2. The van der Waals surface area contributed by atoms with Gasteiger partial charge in [0.1, 0.15) is 0 Å². The molecule has 1 amide bonds. The Bertz CT molecular complexity index is 1590. The number of non-ortho nitro benzene ring substituents is 1. The molecule has 1 aromatic heterocycles. The quantitative estimate of drug-likeness (QED) is 0.238. The van der Waals surface area contributed by atoms with Gasteiger partial charge in [0.05, 0.1) is 25.7 Å². The van der Waals surface area contributed by atoms with Crippen molar-refractivity contribution in [2.75, 3.05) is 10.8 Å². The van der Waals surface area contributed by atoms with Crippen molar-refractivity contribution in [1.29, 1.82) is 0 Å². The minimum atomic E-state index is -3.81. The maximum Gasteiger partial charge on any atom is 0.279 e. The van der Waals surface area contributed by atoms with E-state index >= 15 is 0 Å². The van der Waals surface area contributed by atoms with Crippen molar-refractivity contribution < 1.29 is 18.1 Å². The van der Waals surface area contributed by atoms with E-state index in [4.69, 9.17) is 0 Å². The van der Waals surface area contributed by atoms with Gasteiger partial charge in [0, 0.05) is 30.8 Å². The third-order valence-corrected chi connectivity index (χ3v) is 8.50. The number of thiazole rings is 1. The predicted molar refractivity (Wildman–Crippen MR) is 140 cm³/mol. The number of para-hydroxylation sites is 1. The van der Waals surface area contributed by atoms with E-state index in [9.17, 15) is 23.3 Å². The molecule has 9 nitrogen and oxygen atoms in total. The van der Waals surface area contributed by atoms with Crippen molar-refractivity contribution in [3.63, 3.8) is 0 Å². The highest BCUT2D eigenvalue weighted by Crippen LogP contribution is 2.25. The van der Waals surface area contributed by atoms with Gasteiger partial charge >= 0.3 is 0 Å². The number of aryl methyl sites for hydroxylation is 1. The Morgan fingerprint density at radius 1 is 1.06 bits per heavy atom. The summed E-state index contributed by atoms with van der Waals surface area (Å²) in [5.41, 5.74) is 1.53. The number of carbonyl (C=O) groups excluding carboxylic acids is 1. The van der Waals surface area contributed by atoms with Crippen LogP contribution in [-0.2, 0) is 16.6 Å². The van der Waals surface area contributed by atoms with Crippen LogP contribution in [0.4, 0.5) is 11.4 Å². The Balaban J connectivity index is 1.68. The SMILES string of the molecule is CCCn1c(=NC(=O)c2ccc(S(=O)(=O)N(CC)c3ccccc3)cc2)sc2cc([N+](=O)[O-])ccc21. The number of anilines is 1. The van der Waals surface area contributed by atoms with Crippen LogP contribution in [0.25, 0.3) is 10.2 Å². The molecule has 11 heteroatoms. The van der Waals surface area contributed by atoms with E-state index in [1.165, 1.54) is 52.0 Å². The number of carbonyl (C=O) groups is 1. The van der Waals surface area contributed by atoms with Crippen LogP contribution in [0.2, 0.25) is 0 Å². The van der Waals surface area contributed by atoms with Crippen LogP contribution in [0.5, 0.6) is 0 Å². The summed E-state index contributed by atoms with van der Waals surface area (Å²) >= 11 is 1.20. The van der Waals surface area contributed by atoms with E-state index in [0.29, 0.717) is 21.7 Å². The number of sulfonamides is 1. The largest absolute Gasteiger partial charge is 0.316 e. The highest BCUT2D eigenvalue weighted by molar-refractivity contribution is 7.92. The molecule has 4 rings (SSSR count). The van der Waals surface area contributed by atoms with Crippen molar-refractivity contribution in [2.24, 2.45) is 4.99 Å². The molecule has 0 N–H and O–H groups in total. The molecule has 0 atom stereocenters. The van der Waals surface area contributed by atoms with Gasteiger partial charge in [0.15, 0.2) is 4.80 Å². The Morgan fingerprint density at radius 3 is 2.36 bits per heavy atom. The molecule has 186 valence electrons. The van der Waals surface area contributed by atoms with Gasteiger partial charge in [0.2, 0.25) is 0 Å². The summed E-state index contributed by atoms with van der Waals surface area (Å²) < 4.78 is 30.2. The van der Waals surface area contributed by atoms with Crippen molar-refractivity contribution >= 4 is 48.9 Å². The molecule has 0 spiro atoms. The maximum absolute atomic E-state index is 13.2. The molecule has 0 saturated carbocycles. The smallest absolute Gasteiger partial charge is 0.279 e. The summed E-state index contributed by atoms with van der Waals surface area (Å²) in [6.45, 7) is 4.59. The summed E-state index contributed by atoms with van der Waals surface area (Å²) in [6.07, 6.45) is 0.784. The minimum absolute atomic E-state index is 0.0290. The average Bonchev–Trinajstić information content (AvgIpc) is 3.21. The minimum Gasteiger partial charge on any atom is -0.316 e. The molecule has 0 radical (unpaired) electrons. The van der Waals surface area contributed by atoms with Gasteiger partial charge in [-0.2, -0.15) is 4.99 Å². The Kier molecular flexibility index (Phi) is 7.32. The molecule has 0 fully saturated rings. The van der Waals surface area contributed by atoms with Crippen LogP contribution in [-0.4, -0.2) is 30.4 Å². The van der Waals surface area contributed by atoms with Gasteiger partial charge < -0.3 is 4.57 Å². The molecule has 36 heavy (non-hydrogen) atoms. The number of nitrogens with zero attached hydrogens (tertiary/aromatic N) is 4. The lowest BCUT2D eigenvalue weighted by Crippen LogP contribution is -2.30. The lowest BCUT2D eigenvalue weighted by atomic mass is 10.2. The monoisotopic (exact) mass is 524 g/mol. The third kappa shape index (κ3) is 4.93. The van der Waals surface area contributed by atoms with Crippen molar-refractivity contribution in [1.82, 2.24) is 4.57 Å². The number of fused-ring (bicyclic) bond motifs is 1. The number of aromatic nitrogens is 1. The second kappa shape index (κ2) is 10.4. The fourth-order valence-electron chi connectivity index (χ4n) is 3.83. The number of amides is 1. The first kappa shape index (κ1) is 25.3. The summed E-state index contributed by atoms with van der Waals surface area (Å²) in [5.74, 6) is -0.528. The number of rotatable bonds is 8. The van der Waals surface area contributed by atoms with Crippen molar-refractivity contribution in [3.8, 4) is 0 Å². The third-order valence-electron chi connectivity index (χ3n) is 5.54. The Morgan fingerprint density at radius 2 is 1.75 bits per heavy atom. The summed E-state index contributed by atoms with van der Waals surface area (Å²) in [7, 11) is -3.81. The van der Waals surface area contributed by atoms with Crippen LogP contribution in [0, 0.1) is 10.1 Å². The van der Waals surface area contributed by atoms with E-state index in [1.54, 1.807) is 37.3 Å². The molecule has 0 aliphatic carbocycles. The summed E-state index contributed by atoms with van der Waals surface area (Å²) in [6, 6.07) is 19.1. The predicted octanol–water partition coefficient (Wildman–Crippen LogP) is 4.98. The molecule has 0 aliphatic rings. The molecule has 0 unspecified atom stereocenters.